The Hall–Kier alpha value is -1.22. The molecule has 0 spiro atoms. The Bertz CT molecular complexity index is 268. The number of rotatable bonds is 0. The third-order valence-corrected chi connectivity index (χ3v) is 1.85. The van der Waals surface area contributed by atoms with Gasteiger partial charge in [-0.1, -0.05) is 28.1 Å². The van der Waals surface area contributed by atoms with Crippen LogP contribution in [-0.2, 0) is 4.79 Å². The van der Waals surface area contributed by atoms with E-state index >= 15 is 0 Å². The Morgan fingerprint density at radius 3 is 2.43 bits per heavy atom. The zero-order valence-corrected chi connectivity index (χ0v) is 9.57. The average Bonchev–Trinajstić information content (AvgIpc) is 2.22. The maximum absolute atomic E-state index is 8.00. The number of hydrogen-bond donors (Lipinski definition) is 0. The van der Waals surface area contributed by atoms with Gasteiger partial charge in [0.05, 0.1) is 0 Å². The van der Waals surface area contributed by atoms with Crippen molar-refractivity contribution < 1.29 is 4.79 Å². The third kappa shape index (κ3) is 6.31. The van der Waals surface area contributed by atoms with E-state index < -0.39 is 0 Å². The molecule has 0 saturated heterocycles. The second-order valence-corrected chi connectivity index (χ2v) is 3.30. The molecule has 74 valence electrons. The van der Waals surface area contributed by atoms with E-state index in [-0.39, 0.29) is 0 Å². The minimum Gasteiger partial charge on any atom is -0.307 e. The fourth-order valence-corrected chi connectivity index (χ4v) is 1.04. The van der Waals surface area contributed by atoms with Crippen molar-refractivity contribution >= 4 is 22.7 Å². The summed E-state index contributed by atoms with van der Waals surface area (Å²) in [5.74, 6) is 0. The Morgan fingerprint density at radius 2 is 1.71 bits per heavy atom. The van der Waals surface area contributed by atoms with Gasteiger partial charge in [-0.05, 0) is 31.2 Å². The molecule has 0 aliphatic heterocycles. The first-order valence-corrected chi connectivity index (χ1v) is 4.79. The van der Waals surface area contributed by atoms with E-state index in [1.807, 2.05) is 50.1 Å². The summed E-state index contributed by atoms with van der Waals surface area (Å²) in [4.78, 5) is 12.2. The zero-order chi connectivity index (χ0) is 10.8. The van der Waals surface area contributed by atoms with Crippen LogP contribution in [0.4, 0.5) is 0 Å². The average molecular weight is 254 g/mol. The predicted octanol–water partition coefficient (Wildman–Crippen LogP) is 3.09. The molecule has 14 heavy (non-hydrogen) atoms. The van der Waals surface area contributed by atoms with Crippen molar-refractivity contribution in [2.24, 2.45) is 0 Å². The second-order valence-electron chi connectivity index (χ2n) is 2.38. The molecule has 0 aliphatic carbocycles. The smallest absolute Gasteiger partial charge is 0.106 e. The third-order valence-electron chi connectivity index (χ3n) is 1.32. The van der Waals surface area contributed by atoms with Crippen molar-refractivity contribution in [2.75, 3.05) is 0 Å². The van der Waals surface area contributed by atoms with Crippen molar-refractivity contribution in [1.82, 2.24) is 4.98 Å². The highest BCUT2D eigenvalue weighted by Gasteiger charge is 1.76. The fraction of sp³-hybridized carbons (Fsp3) is 0.0909. The van der Waals surface area contributed by atoms with Crippen LogP contribution in [-0.4, -0.2) is 11.8 Å². The van der Waals surface area contributed by atoms with Crippen molar-refractivity contribution in [2.45, 2.75) is 6.92 Å². The maximum Gasteiger partial charge on any atom is 0.106 e. The van der Waals surface area contributed by atoms with Gasteiger partial charge in [-0.25, -0.2) is 0 Å². The van der Waals surface area contributed by atoms with E-state index in [0.717, 1.165) is 10.2 Å². The molecule has 0 saturated carbocycles. The lowest BCUT2D eigenvalue weighted by molar-refractivity contribution is -0.0979. The van der Waals surface area contributed by atoms with E-state index in [9.17, 15) is 0 Å². The Morgan fingerprint density at radius 1 is 1.14 bits per heavy atom. The fourth-order valence-electron chi connectivity index (χ4n) is 0.736. The minimum atomic E-state index is 1.00. The Balaban J connectivity index is 0.000000791. The highest BCUT2D eigenvalue weighted by atomic mass is 79.9. The summed E-state index contributed by atoms with van der Waals surface area (Å²) in [6.07, 6.45) is 1.78. The quantitative estimate of drug-likeness (QED) is 0.712. The minimum absolute atomic E-state index is 1.00. The van der Waals surface area contributed by atoms with Crippen molar-refractivity contribution in [3.05, 3.63) is 52.8 Å². The normalized spacial score (nSPS) is 7.86. The van der Waals surface area contributed by atoms with Crippen molar-refractivity contribution in [1.29, 1.82) is 0 Å². The summed E-state index contributed by atoms with van der Waals surface area (Å²) in [5.41, 5.74) is 1.00. The van der Waals surface area contributed by atoms with Crippen LogP contribution in [0.5, 0.6) is 0 Å². The largest absolute Gasteiger partial charge is 0.307 e. The zero-order valence-electron chi connectivity index (χ0n) is 7.98. The molecule has 1 rings (SSSR count). The first-order chi connectivity index (χ1) is 6.79. The van der Waals surface area contributed by atoms with E-state index in [0.29, 0.717) is 0 Å². The molecule has 1 aromatic rings. The van der Waals surface area contributed by atoms with Crippen LogP contribution in [0, 0.1) is 6.92 Å². The molecule has 0 aliphatic rings. The van der Waals surface area contributed by atoms with Crippen LogP contribution in [0.15, 0.2) is 47.1 Å². The molecule has 0 aromatic carbocycles. The number of hydrogen-bond acceptors (Lipinski definition) is 2. The standard InChI is InChI=1S/C10H10BrN.CH2O/c1-9-5-2-3-6-10(11)7-4-8-12-9;1-2/h2-8H,1H3;1H2. The topological polar surface area (TPSA) is 30.0 Å². The molecule has 1 heterocycles. The summed E-state index contributed by atoms with van der Waals surface area (Å²) >= 11 is 3.39. The van der Waals surface area contributed by atoms with E-state index in [1.165, 1.54) is 0 Å². The number of aromatic nitrogens is 1. The number of nitrogens with zero attached hydrogens (tertiary/aromatic N) is 1. The summed E-state index contributed by atoms with van der Waals surface area (Å²) in [5, 5.41) is 0. The van der Waals surface area contributed by atoms with Crippen LogP contribution < -0.4 is 0 Å². The summed E-state index contributed by atoms with van der Waals surface area (Å²) in [6.45, 7) is 3.97. The first kappa shape index (κ1) is 12.8. The summed E-state index contributed by atoms with van der Waals surface area (Å²) in [7, 11) is 0. The van der Waals surface area contributed by atoms with E-state index in [1.54, 1.807) is 6.20 Å². The highest BCUT2D eigenvalue weighted by Crippen LogP contribution is 2.03. The number of aryl methyl sites for hydroxylation is 1. The maximum atomic E-state index is 8.00. The summed E-state index contributed by atoms with van der Waals surface area (Å²) < 4.78 is 1.04. The van der Waals surface area contributed by atoms with Gasteiger partial charge in [-0.2, -0.15) is 0 Å². The molecular formula is C11H12BrNO. The molecule has 0 atom stereocenters. The molecule has 0 radical (unpaired) electrons. The van der Waals surface area contributed by atoms with Crippen molar-refractivity contribution in [3.8, 4) is 0 Å². The van der Waals surface area contributed by atoms with Crippen LogP contribution in [0.2, 0.25) is 0 Å². The van der Waals surface area contributed by atoms with Crippen LogP contribution in [0.3, 0.4) is 0 Å². The molecule has 1 aromatic heterocycles. The van der Waals surface area contributed by atoms with Crippen LogP contribution in [0.1, 0.15) is 5.69 Å². The Labute approximate surface area is 92.5 Å². The van der Waals surface area contributed by atoms with Gasteiger partial charge in [0.2, 0.25) is 0 Å². The predicted molar refractivity (Wildman–Crippen MR) is 61.4 cm³/mol. The molecule has 0 bridgehead atoms. The molecule has 3 heteroatoms. The van der Waals surface area contributed by atoms with Gasteiger partial charge in [0.15, 0.2) is 0 Å². The highest BCUT2D eigenvalue weighted by molar-refractivity contribution is 9.10. The van der Waals surface area contributed by atoms with Gasteiger partial charge in [0.25, 0.3) is 0 Å². The van der Waals surface area contributed by atoms with Gasteiger partial charge in [-0.15, -0.1) is 0 Å². The number of carbonyl (C=O) groups is 1. The molecule has 0 amide bonds. The van der Waals surface area contributed by atoms with Crippen LogP contribution in [0.25, 0.3) is 0 Å². The van der Waals surface area contributed by atoms with Gasteiger partial charge >= 0.3 is 0 Å². The lowest BCUT2D eigenvalue weighted by atomic mass is 10.4. The van der Waals surface area contributed by atoms with Gasteiger partial charge in [-0.3, -0.25) is 4.98 Å². The van der Waals surface area contributed by atoms with Gasteiger partial charge < -0.3 is 4.79 Å². The SMILES string of the molecule is C=O.Cc1ccccc(Br)cccn1. The van der Waals surface area contributed by atoms with Crippen LogP contribution >= 0.6 is 15.9 Å². The molecule has 0 unspecified atom stereocenters. The molecule has 0 N–H and O–H groups in total. The van der Waals surface area contributed by atoms with E-state index in [2.05, 4.69) is 20.9 Å². The van der Waals surface area contributed by atoms with Crippen molar-refractivity contribution in [3.63, 3.8) is 0 Å². The van der Waals surface area contributed by atoms with Gasteiger partial charge in [0, 0.05) is 16.4 Å². The molecule has 0 fully saturated rings. The lowest BCUT2D eigenvalue weighted by Gasteiger charge is -1.82. The lowest BCUT2D eigenvalue weighted by Crippen LogP contribution is -1.70. The number of carbonyl (C=O) groups excluding carboxylic acids is 1. The molecule has 2 nitrogen and oxygen atoms in total. The monoisotopic (exact) mass is 253 g/mol. The van der Waals surface area contributed by atoms with E-state index in [4.69, 9.17) is 4.79 Å². The second kappa shape index (κ2) is 8.38. The number of halogens is 1. The summed E-state index contributed by atoms with van der Waals surface area (Å²) in [6, 6.07) is 11.7. The van der Waals surface area contributed by atoms with Gasteiger partial charge in [0.1, 0.15) is 6.79 Å². The molecular weight excluding hydrogens is 242 g/mol. The first-order valence-electron chi connectivity index (χ1n) is 3.99. The Kier molecular flexibility index (Phi) is 7.65.